The number of nitrogens with one attached hydrogen (secondary N) is 1. The highest BCUT2D eigenvalue weighted by Crippen LogP contribution is 2.38. The van der Waals surface area contributed by atoms with Gasteiger partial charge in [-0.3, -0.25) is 19.5 Å². The zero-order valence-electron chi connectivity index (χ0n) is 17.0. The average Bonchev–Trinajstić information content (AvgIpc) is 3.09. The maximum absolute atomic E-state index is 11.5. The highest BCUT2D eigenvalue weighted by molar-refractivity contribution is 5.81. The third kappa shape index (κ3) is 5.10. The van der Waals surface area contributed by atoms with Gasteiger partial charge in [0, 0.05) is 45.3 Å². The summed E-state index contributed by atoms with van der Waals surface area (Å²) in [4.78, 5) is 27.0. The Morgan fingerprint density at radius 2 is 1.97 bits per heavy atom. The Morgan fingerprint density at radius 1 is 1.28 bits per heavy atom. The quantitative estimate of drug-likeness (QED) is 0.767. The van der Waals surface area contributed by atoms with Gasteiger partial charge in [0.05, 0.1) is 17.7 Å². The first kappa shape index (κ1) is 21.2. The van der Waals surface area contributed by atoms with Crippen LogP contribution in [0.25, 0.3) is 10.9 Å². The molecule has 1 aromatic heterocycles. The van der Waals surface area contributed by atoms with Gasteiger partial charge < -0.3 is 15.2 Å². The first-order valence-electron chi connectivity index (χ1n) is 9.98. The summed E-state index contributed by atoms with van der Waals surface area (Å²) in [6.45, 7) is 4.46. The van der Waals surface area contributed by atoms with E-state index in [1.165, 1.54) is 10.9 Å². The summed E-state index contributed by atoms with van der Waals surface area (Å²) in [7, 11) is 1.76. The lowest BCUT2D eigenvalue weighted by atomic mass is 9.77. The van der Waals surface area contributed by atoms with Crippen LogP contribution in [0.5, 0.6) is 0 Å². The van der Waals surface area contributed by atoms with Gasteiger partial charge in [-0.25, -0.2) is 0 Å². The highest BCUT2D eigenvalue weighted by Gasteiger charge is 2.42. The third-order valence-corrected chi connectivity index (χ3v) is 5.99. The summed E-state index contributed by atoms with van der Waals surface area (Å²) in [5.74, 6) is 1.31. The number of aromatic nitrogens is 1. The number of carbonyl (C=O) groups excluding carboxylic acids is 1. The molecule has 0 radical (unpaired) electrons. The Hall–Kier alpha value is -2.51. The lowest BCUT2D eigenvalue weighted by Crippen LogP contribution is -2.49. The molecule has 0 bridgehead atoms. The van der Waals surface area contributed by atoms with Crippen LogP contribution in [0.2, 0.25) is 0 Å². The molecule has 156 valence electrons. The maximum atomic E-state index is 11.5. The van der Waals surface area contributed by atoms with Crippen LogP contribution in [-0.4, -0.2) is 59.7 Å². The van der Waals surface area contributed by atoms with Crippen molar-refractivity contribution in [2.24, 2.45) is 11.8 Å². The number of amides is 1. The van der Waals surface area contributed by atoms with E-state index in [9.17, 15) is 4.79 Å². The number of rotatable bonds is 4. The van der Waals surface area contributed by atoms with Crippen LogP contribution in [0, 0.1) is 11.8 Å². The molecule has 2 N–H and O–H groups in total. The van der Waals surface area contributed by atoms with Crippen molar-refractivity contribution in [2.45, 2.75) is 38.5 Å². The van der Waals surface area contributed by atoms with Crippen molar-refractivity contribution in [2.75, 3.05) is 20.2 Å². The zero-order chi connectivity index (χ0) is 20.8. The standard InChI is InChI=1S/C21H27N3O2.CH2O2/c1-14(25)23-19-9-17-12-24(13-18(17)10-20(19)26-2)11-16-6-3-5-15-7-4-8-22-21(15)16;2-1-3/h3-8,17-20H,9-13H2,1-2H3,(H,23,25);1H,(H,2,3)/t17-,18+,19-,20-;/m1./s1. The van der Waals surface area contributed by atoms with E-state index in [4.69, 9.17) is 14.6 Å². The number of likely N-dealkylation sites (tertiary alicyclic amines) is 1. The van der Waals surface area contributed by atoms with Crippen molar-refractivity contribution in [3.05, 3.63) is 42.1 Å². The molecule has 2 aromatic rings. The molecule has 1 aromatic carbocycles. The lowest BCUT2D eigenvalue weighted by Gasteiger charge is -2.37. The fourth-order valence-corrected chi connectivity index (χ4v) is 4.85. The molecule has 2 aliphatic rings. The number of hydrogen-bond acceptors (Lipinski definition) is 5. The van der Waals surface area contributed by atoms with Crippen LogP contribution in [0.4, 0.5) is 0 Å². The second-order valence-electron chi connectivity index (χ2n) is 7.86. The van der Waals surface area contributed by atoms with Gasteiger partial charge in [-0.2, -0.15) is 0 Å². The van der Waals surface area contributed by atoms with Crippen molar-refractivity contribution in [1.82, 2.24) is 15.2 Å². The van der Waals surface area contributed by atoms with E-state index in [-0.39, 0.29) is 24.5 Å². The fraction of sp³-hybridized carbons (Fsp3) is 0.500. The molecule has 29 heavy (non-hydrogen) atoms. The monoisotopic (exact) mass is 399 g/mol. The van der Waals surface area contributed by atoms with E-state index in [0.717, 1.165) is 38.0 Å². The third-order valence-electron chi connectivity index (χ3n) is 5.99. The molecular weight excluding hydrogens is 370 g/mol. The Balaban J connectivity index is 0.000000755. The van der Waals surface area contributed by atoms with Gasteiger partial charge in [-0.1, -0.05) is 24.3 Å². The molecule has 1 saturated heterocycles. The highest BCUT2D eigenvalue weighted by atomic mass is 16.5. The van der Waals surface area contributed by atoms with Gasteiger partial charge in [0.1, 0.15) is 0 Å². The summed E-state index contributed by atoms with van der Waals surface area (Å²) in [5, 5.41) is 11.2. The minimum Gasteiger partial charge on any atom is -0.483 e. The number of nitrogens with zero attached hydrogens (tertiary/aromatic N) is 2. The molecule has 1 aliphatic heterocycles. The van der Waals surface area contributed by atoms with Gasteiger partial charge in [-0.05, 0) is 36.3 Å². The number of carboxylic acid groups (broad SMARTS) is 1. The van der Waals surface area contributed by atoms with Gasteiger partial charge >= 0.3 is 0 Å². The largest absolute Gasteiger partial charge is 0.483 e. The molecule has 2 heterocycles. The topological polar surface area (TPSA) is 91.8 Å². The average molecular weight is 399 g/mol. The fourth-order valence-electron chi connectivity index (χ4n) is 4.85. The van der Waals surface area contributed by atoms with Crippen LogP contribution >= 0.6 is 0 Å². The molecule has 1 saturated carbocycles. The molecule has 4 atom stereocenters. The lowest BCUT2D eigenvalue weighted by molar-refractivity contribution is -0.123. The van der Waals surface area contributed by atoms with E-state index in [2.05, 4.69) is 39.5 Å². The predicted octanol–water partition coefficient (Wildman–Crippen LogP) is 2.30. The SMILES string of the molecule is CO[C@@H]1C[C@H]2CN(Cc3cccc4cccnc34)C[C@H]2C[C@H]1NC(C)=O.O=CO. The van der Waals surface area contributed by atoms with Gasteiger partial charge in [0.2, 0.25) is 5.91 Å². The number of carbonyl (C=O) groups is 2. The molecule has 0 spiro atoms. The molecule has 1 amide bonds. The normalized spacial score (nSPS) is 26.3. The Kier molecular flexibility index (Phi) is 7.17. The van der Waals surface area contributed by atoms with Gasteiger partial charge in [-0.15, -0.1) is 0 Å². The number of ether oxygens (including phenoxy) is 1. The van der Waals surface area contributed by atoms with E-state index >= 15 is 0 Å². The van der Waals surface area contributed by atoms with Crippen molar-refractivity contribution in [3.8, 4) is 0 Å². The number of benzene rings is 1. The molecular formula is C22H29N3O4. The number of hydrogen-bond donors (Lipinski definition) is 2. The van der Waals surface area contributed by atoms with Crippen LogP contribution in [0.15, 0.2) is 36.5 Å². The van der Waals surface area contributed by atoms with Gasteiger partial charge in [0.25, 0.3) is 6.47 Å². The predicted molar refractivity (Wildman–Crippen MR) is 110 cm³/mol. The van der Waals surface area contributed by atoms with Crippen molar-refractivity contribution in [1.29, 1.82) is 0 Å². The number of methoxy groups -OCH3 is 1. The van der Waals surface area contributed by atoms with Crippen LogP contribution in [0.1, 0.15) is 25.3 Å². The number of pyridine rings is 1. The second kappa shape index (κ2) is 9.80. The van der Waals surface area contributed by atoms with Crippen LogP contribution in [0.3, 0.4) is 0 Å². The molecule has 7 nitrogen and oxygen atoms in total. The van der Waals surface area contributed by atoms with E-state index in [1.807, 2.05) is 12.3 Å². The molecule has 4 rings (SSSR count). The molecule has 0 unspecified atom stereocenters. The second-order valence-corrected chi connectivity index (χ2v) is 7.86. The number of para-hydroxylation sites is 1. The first-order valence-corrected chi connectivity index (χ1v) is 9.98. The van der Waals surface area contributed by atoms with E-state index < -0.39 is 0 Å². The Labute approximate surface area is 171 Å². The van der Waals surface area contributed by atoms with Crippen LogP contribution < -0.4 is 5.32 Å². The van der Waals surface area contributed by atoms with E-state index in [0.29, 0.717) is 11.8 Å². The summed E-state index contributed by atoms with van der Waals surface area (Å²) in [6.07, 6.45) is 4.03. The van der Waals surface area contributed by atoms with Crippen molar-refractivity contribution in [3.63, 3.8) is 0 Å². The first-order chi connectivity index (χ1) is 14.0. The maximum Gasteiger partial charge on any atom is 0.290 e. The molecule has 7 heteroatoms. The zero-order valence-corrected chi connectivity index (χ0v) is 17.0. The number of fused-ring (bicyclic) bond motifs is 2. The van der Waals surface area contributed by atoms with Gasteiger partial charge in [0.15, 0.2) is 0 Å². The van der Waals surface area contributed by atoms with E-state index in [1.54, 1.807) is 14.0 Å². The summed E-state index contributed by atoms with van der Waals surface area (Å²) in [5.41, 5.74) is 2.40. The van der Waals surface area contributed by atoms with Crippen molar-refractivity contribution >= 4 is 23.3 Å². The van der Waals surface area contributed by atoms with Crippen LogP contribution in [-0.2, 0) is 20.9 Å². The smallest absolute Gasteiger partial charge is 0.290 e. The Morgan fingerprint density at radius 3 is 2.66 bits per heavy atom. The summed E-state index contributed by atoms with van der Waals surface area (Å²) in [6, 6.07) is 10.7. The minimum atomic E-state index is -0.250. The van der Waals surface area contributed by atoms with Crippen molar-refractivity contribution < 1.29 is 19.4 Å². The molecule has 1 aliphatic carbocycles. The summed E-state index contributed by atoms with van der Waals surface area (Å²) >= 11 is 0. The summed E-state index contributed by atoms with van der Waals surface area (Å²) < 4.78 is 5.68. The molecule has 2 fully saturated rings. The Bertz CT molecular complexity index is 838. The minimum absolute atomic E-state index is 0.0344.